The van der Waals surface area contributed by atoms with Crippen LogP contribution in [0, 0.1) is 17.6 Å². The van der Waals surface area contributed by atoms with Gasteiger partial charge in [0, 0.05) is 18.2 Å². The summed E-state index contributed by atoms with van der Waals surface area (Å²) in [6.45, 7) is 2.21. The molecule has 0 aliphatic heterocycles. The Morgan fingerprint density at radius 1 is 1.32 bits per heavy atom. The minimum absolute atomic E-state index is 0.0603. The molecule has 0 radical (unpaired) electrons. The lowest BCUT2D eigenvalue weighted by Crippen LogP contribution is -2.42. The van der Waals surface area contributed by atoms with E-state index in [1.165, 1.54) is 12.7 Å². The first-order valence-corrected chi connectivity index (χ1v) is 7.64. The van der Waals surface area contributed by atoms with Crippen molar-refractivity contribution in [1.29, 1.82) is 0 Å². The summed E-state index contributed by atoms with van der Waals surface area (Å²) in [5, 5.41) is 3.04. The van der Waals surface area contributed by atoms with Gasteiger partial charge in [-0.1, -0.05) is 19.8 Å². The normalized spacial score (nSPS) is 22.0. The Morgan fingerprint density at radius 3 is 2.82 bits per heavy atom. The van der Waals surface area contributed by atoms with Gasteiger partial charge in [-0.3, -0.25) is 4.79 Å². The molecule has 118 valence electrons. The number of carbonyl (C=O) groups excluding carboxylic acids is 1. The van der Waals surface area contributed by atoms with Crippen molar-refractivity contribution >= 4 is 16.9 Å². The van der Waals surface area contributed by atoms with E-state index in [1.54, 1.807) is 4.57 Å². The van der Waals surface area contributed by atoms with Crippen LogP contribution in [0.1, 0.15) is 32.6 Å². The van der Waals surface area contributed by atoms with E-state index in [0.717, 1.165) is 31.4 Å². The van der Waals surface area contributed by atoms with Crippen LogP contribution in [-0.2, 0) is 11.3 Å². The molecule has 4 nitrogen and oxygen atoms in total. The van der Waals surface area contributed by atoms with E-state index in [-0.39, 0.29) is 18.5 Å². The summed E-state index contributed by atoms with van der Waals surface area (Å²) in [5.74, 6) is -1.51. The van der Waals surface area contributed by atoms with Crippen molar-refractivity contribution in [2.75, 3.05) is 0 Å². The van der Waals surface area contributed by atoms with Gasteiger partial charge in [0.05, 0.1) is 17.4 Å². The molecule has 1 aliphatic rings. The molecule has 2 aromatic rings. The molecule has 0 spiro atoms. The molecule has 2 atom stereocenters. The summed E-state index contributed by atoms with van der Waals surface area (Å²) >= 11 is 0. The van der Waals surface area contributed by atoms with E-state index < -0.39 is 11.6 Å². The van der Waals surface area contributed by atoms with Crippen LogP contribution in [0.5, 0.6) is 0 Å². The average molecular weight is 307 g/mol. The standard InChI is InChI=1S/C16H19F2N3O/c1-10-4-2-3-5-13(10)20-16(22)8-21-9-19-14-6-11(17)12(18)7-15(14)21/h6-7,9-10,13H,2-5,8H2,1H3,(H,20,22)/t10-,13+/m1/s1. The highest BCUT2D eigenvalue weighted by Crippen LogP contribution is 2.24. The van der Waals surface area contributed by atoms with Gasteiger partial charge in [0.15, 0.2) is 11.6 Å². The molecule has 1 heterocycles. The van der Waals surface area contributed by atoms with E-state index in [9.17, 15) is 13.6 Å². The lowest BCUT2D eigenvalue weighted by atomic mass is 9.86. The van der Waals surface area contributed by atoms with Gasteiger partial charge in [-0.15, -0.1) is 0 Å². The van der Waals surface area contributed by atoms with Crippen LogP contribution in [0.4, 0.5) is 8.78 Å². The van der Waals surface area contributed by atoms with Crippen molar-refractivity contribution < 1.29 is 13.6 Å². The number of fused-ring (bicyclic) bond motifs is 1. The number of imidazole rings is 1. The predicted molar refractivity (Wildman–Crippen MR) is 79.2 cm³/mol. The topological polar surface area (TPSA) is 46.9 Å². The smallest absolute Gasteiger partial charge is 0.240 e. The maximum atomic E-state index is 13.4. The number of amides is 1. The summed E-state index contributed by atoms with van der Waals surface area (Å²) < 4.78 is 28.1. The first kappa shape index (κ1) is 14.9. The third-order valence-corrected chi connectivity index (χ3v) is 4.43. The Labute approximate surface area is 127 Å². The zero-order chi connectivity index (χ0) is 15.7. The number of hydrogen-bond acceptors (Lipinski definition) is 2. The lowest BCUT2D eigenvalue weighted by Gasteiger charge is -2.29. The Morgan fingerprint density at radius 2 is 2.05 bits per heavy atom. The third-order valence-electron chi connectivity index (χ3n) is 4.43. The predicted octanol–water partition coefficient (Wildman–Crippen LogP) is 3.01. The fraction of sp³-hybridized carbons (Fsp3) is 0.500. The van der Waals surface area contributed by atoms with Gasteiger partial charge in [0.1, 0.15) is 6.54 Å². The minimum atomic E-state index is -0.935. The molecule has 0 unspecified atom stereocenters. The molecule has 1 saturated carbocycles. The highest BCUT2D eigenvalue weighted by Gasteiger charge is 2.23. The van der Waals surface area contributed by atoms with Crippen LogP contribution in [0.15, 0.2) is 18.5 Å². The molecule has 0 saturated heterocycles. The van der Waals surface area contributed by atoms with Crippen LogP contribution in [0.3, 0.4) is 0 Å². The molecule has 1 aliphatic carbocycles. The SMILES string of the molecule is C[C@@H]1CCCC[C@@H]1NC(=O)Cn1cnc2cc(F)c(F)cc21. The number of hydrogen-bond donors (Lipinski definition) is 1. The molecule has 1 fully saturated rings. The van der Waals surface area contributed by atoms with Gasteiger partial charge < -0.3 is 9.88 Å². The Hall–Kier alpha value is -1.98. The highest BCUT2D eigenvalue weighted by atomic mass is 19.2. The number of aromatic nitrogens is 2. The third kappa shape index (κ3) is 2.96. The second-order valence-electron chi connectivity index (χ2n) is 6.06. The van der Waals surface area contributed by atoms with Crippen LogP contribution in [0.2, 0.25) is 0 Å². The second-order valence-corrected chi connectivity index (χ2v) is 6.06. The summed E-state index contributed by atoms with van der Waals surface area (Å²) in [6, 6.07) is 2.32. The summed E-state index contributed by atoms with van der Waals surface area (Å²) in [6.07, 6.45) is 5.91. The van der Waals surface area contributed by atoms with Gasteiger partial charge in [0.2, 0.25) is 5.91 Å². The molecular formula is C16H19F2N3O. The van der Waals surface area contributed by atoms with Crippen molar-refractivity contribution in [3.05, 3.63) is 30.1 Å². The Balaban J connectivity index is 1.72. The lowest BCUT2D eigenvalue weighted by molar-refractivity contribution is -0.122. The molecule has 1 amide bonds. The number of benzene rings is 1. The maximum Gasteiger partial charge on any atom is 0.240 e. The fourth-order valence-corrected chi connectivity index (χ4v) is 3.12. The van der Waals surface area contributed by atoms with Crippen molar-refractivity contribution in [3.8, 4) is 0 Å². The van der Waals surface area contributed by atoms with E-state index >= 15 is 0 Å². The average Bonchev–Trinajstić information content (AvgIpc) is 2.84. The van der Waals surface area contributed by atoms with Gasteiger partial charge in [0.25, 0.3) is 0 Å². The van der Waals surface area contributed by atoms with Crippen LogP contribution in [-0.4, -0.2) is 21.5 Å². The summed E-state index contributed by atoms with van der Waals surface area (Å²) in [5.41, 5.74) is 0.767. The van der Waals surface area contributed by atoms with Crippen LogP contribution < -0.4 is 5.32 Å². The molecule has 0 bridgehead atoms. The van der Waals surface area contributed by atoms with Crippen LogP contribution >= 0.6 is 0 Å². The number of rotatable bonds is 3. The number of halogens is 2. The van der Waals surface area contributed by atoms with Crippen molar-refractivity contribution in [2.45, 2.75) is 45.2 Å². The quantitative estimate of drug-likeness (QED) is 0.947. The molecule has 1 N–H and O–H groups in total. The fourth-order valence-electron chi connectivity index (χ4n) is 3.12. The molecular weight excluding hydrogens is 288 g/mol. The van der Waals surface area contributed by atoms with E-state index in [2.05, 4.69) is 17.2 Å². The van der Waals surface area contributed by atoms with Crippen molar-refractivity contribution in [2.24, 2.45) is 5.92 Å². The molecule has 6 heteroatoms. The van der Waals surface area contributed by atoms with E-state index in [4.69, 9.17) is 0 Å². The highest BCUT2D eigenvalue weighted by molar-refractivity contribution is 5.80. The molecule has 1 aromatic carbocycles. The zero-order valence-corrected chi connectivity index (χ0v) is 12.5. The number of nitrogens with one attached hydrogen (secondary N) is 1. The van der Waals surface area contributed by atoms with Gasteiger partial charge in [-0.05, 0) is 18.8 Å². The van der Waals surface area contributed by atoms with E-state index in [0.29, 0.717) is 17.0 Å². The van der Waals surface area contributed by atoms with Crippen molar-refractivity contribution in [1.82, 2.24) is 14.9 Å². The van der Waals surface area contributed by atoms with Gasteiger partial charge in [-0.25, -0.2) is 13.8 Å². The first-order chi connectivity index (χ1) is 10.5. The minimum Gasteiger partial charge on any atom is -0.352 e. The largest absolute Gasteiger partial charge is 0.352 e. The summed E-state index contributed by atoms with van der Waals surface area (Å²) in [4.78, 5) is 16.2. The van der Waals surface area contributed by atoms with Crippen molar-refractivity contribution in [3.63, 3.8) is 0 Å². The number of carbonyl (C=O) groups is 1. The molecule has 22 heavy (non-hydrogen) atoms. The number of nitrogens with zero attached hydrogens (tertiary/aromatic N) is 2. The molecule has 1 aromatic heterocycles. The molecule has 3 rings (SSSR count). The zero-order valence-electron chi connectivity index (χ0n) is 12.5. The Kier molecular flexibility index (Phi) is 4.09. The first-order valence-electron chi connectivity index (χ1n) is 7.64. The summed E-state index contributed by atoms with van der Waals surface area (Å²) in [7, 11) is 0. The van der Waals surface area contributed by atoms with Crippen LogP contribution in [0.25, 0.3) is 11.0 Å². The van der Waals surface area contributed by atoms with E-state index in [1.807, 2.05) is 0 Å². The second kappa shape index (κ2) is 6.02. The Bertz CT molecular complexity index is 698. The van der Waals surface area contributed by atoms with Gasteiger partial charge in [-0.2, -0.15) is 0 Å². The van der Waals surface area contributed by atoms with Gasteiger partial charge >= 0.3 is 0 Å². The maximum absolute atomic E-state index is 13.4. The monoisotopic (exact) mass is 307 g/mol.